The number of nitrogens with two attached hydrogens (primary N) is 1. The minimum Gasteiger partial charge on any atom is -0.366 e. The molecule has 0 aliphatic heterocycles. The number of amides is 1. The average Bonchev–Trinajstić information content (AvgIpc) is 3.04. The molecule has 2 heterocycles. The zero-order chi connectivity index (χ0) is 19.7. The van der Waals surface area contributed by atoms with Gasteiger partial charge in [0.25, 0.3) is 5.91 Å². The molecule has 140 valence electrons. The van der Waals surface area contributed by atoms with Gasteiger partial charge < -0.3 is 11.1 Å². The zero-order valence-corrected chi connectivity index (χ0v) is 15.7. The number of hydrogen-bond donors (Lipinski definition) is 2. The number of imidazole rings is 1. The number of nitrogens with one attached hydrogen (secondary N) is 1. The molecule has 0 fully saturated rings. The van der Waals surface area contributed by atoms with Gasteiger partial charge in [-0.1, -0.05) is 36.4 Å². The zero-order valence-electron chi connectivity index (χ0n) is 15.7. The Labute approximate surface area is 162 Å². The lowest BCUT2D eigenvalue weighted by Gasteiger charge is -2.11. The topological polar surface area (TPSA) is 98.7 Å². The van der Waals surface area contributed by atoms with Crippen molar-refractivity contribution >= 4 is 22.8 Å². The summed E-state index contributed by atoms with van der Waals surface area (Å²) in [5, 5.41) is 3.37. The lowest BCUT2D eigenvalue weighted by molar-refractivity contribution is 0.100. The van der Waals surface area contributed by atoms with Crippen LogP contribution in [-0.4, -0.2) is 25.4 Å². The Kier molecular flexibility index (Phi) is 4.49. The second-order valence-corrected chi connectivity index (χ2v) is 6.57. The fourth-order valence-electron chi connectivity index (χ4n) is 3.17. The maximum Gasteiger partial charge on any atom is 0.250 e. The molecule has 0 unspecified atom stereocenters. The van der Waals surface area contributed by atoms with Crippen LogP contribution in [0.25, 0.3) is 17.0 Å². The molecule has 2 aromatic carbocycles. The van der Waals surface area contributed by atoms with Crippen LogP contribution in [0.3, 0.4) is 0 Å². The normalized spacial score (nSPS) is 10.9. The molecule has 0 radical (unpaired) electrons. The Morgan fingerprint density at radius 3 is 2.61 bits per heavy atom. The van der Waals surface area contributed by atoms with E-state index in [4.69, 9.17) is 10.7 Å². The average molecular weight is 372 g/mol. The van der Waals surface area contributed by atoms with Crippen molar-refractivity contribution in [3.8, 4) is 5.95 Å². The fourth-order valence-corrected chi connectivity index (χ4v) is 3.17. The van der Waals surface area contributed by atoms with E-state index in [9.17, 15) is 4.79 Å². The highest BCUT2D eigenvalue weighted by Gasteiger charge is 2.17. The van der Waals surface area contributed by atoms with Gasteiger partial charge in [0.2, 0.25) is 5.95 Å². The Morgan fingerprint density at radius 1 is 1.07 bits per heavy atom. The van der Waals surface area contributed by atoms with Gasteiger partial charge in [0.05, 0.1) is 11.1 Å². The Hall–Kier alpha value is -3.74. The van der Waals surface area contributed by atoms with Gasteiger partial charge >= 0.3 is 0 Å². The van der Waals surface area contributed by atoms with Crippen LogP contribution in [0.4, 0.5) is 5.82 Å². The van der Waals surface area contributed by atoms with Gasteiger partial charge in [-0.25, -0.2) is 9.97 Å². The summed E-state index contributed by atoms with van der Waals surface area (Å²) in [4.78, 5) is 25.4. The van der Waals surface area contributed by atoms with Gasteiger partial charge in [-0.2, -0.15) is 4.98 Å². The molecule has 2 aromatic heterocycles. The number of benzene rings is 2. The molecule has 0 bridgehead atoms. The Balaban J connectivity index is 1.75. The lowest BCUT2D eigenvalue weighted by Crippen LogP contribution is -2.11. The second-order valence-electron chi connectivity index (χ2n) is 6.57. The molecular weight excluding hydrogens is 352 g/mol. The van der Waals surface area contributed by atoms with Crippen LogP contribution in [0.5, 0.6) is 0 Å². The first-order valence-electron chi connectivity index (χ1n) is 8.94. The Morgan fingerprint density at radius 2 is 1.86 bits per heavy atom. The van der Waals surface area contributed by atoms with Crippen LogP contribution < -0.4 is 11.1 Å². The monoisotopic (exact) mass is 372 g/mol. The molecule has 7 heteroatoms. The summed E-state index contributed by atoms with van der Waals surface area (Å²) in [6, 6.07) is 15.5. The van der Waals surface area contributed by atoms with Crippen LogP contribution in [0.1, 0.15) is 27.3 Å². The van der Waals surface area contributed by atoms with Gasteiger partial charge in [-0.15, -0.1) is 0 Å². The highest BCUT2D eigenvalue weighted by atomic mass is 16.1. The summed E-state index contributed by atoms with van der Waals surface area (Å²) < 4.78 is 1.83. The summed E-state index contributed by atoms with van der Waals surface area (Å²) in [5.74, 6) is 1.41. The first kappa shape index (κ1) is 17.7. The molecule has 1 amide bonds. The predicted molar refractivity (Wildman–Crippen MR) is 108 cm³/mol. The number of anilines is 1. The number of carbonyl (C=O) groups excluding carboxylic acids is 1. The second kappa shape index (κ2) is 7.11. The van der Waals surface area contributed by atoms with E-state index in [0.717, 1.165) is 22.5 Å². The van der Waals surface area contributed by atoms with E-state index >= 15 is 0 Å². The maximum absolute atomic E-state index is 11.7. The standard InChI is InChI=1S/C21H20N6O/c1-13-11-24-21(26-20(13)23-12-15-7-4-3-5-8-15)27-14(2)25-18-16(19(22)28)9-6-10-17(18)27/h3-11H,12H2,1-2H3,(H2,22,28)(H,23,24,26). The SMILES string of the molecule is Cc1cnc(-n2c(C)nc3c(C(N)=O)cccc32)nc1NCc1ccccc1. The molecule has 0 aliphatic carbocycles. The molecule has 28 heavy (non-hydrogen) atoms. The number of rotatable bonds is 5. The van der Waals surface area contributed by atoms with Crippen molar-refractivity contribution in [3.05, 3.63) is 77.2 Å². The van der Waals surface area contributed by atoms with Crippen molar-refractivity contribution in [1.82, 2.24) is 19.5 Å². The van der Waals surface area contributed by atoms with Crippen LogP contribution in [0.2, 0.25) is 0 Å². The molecule has 0 aliphatic rings. The first-order chi connectivity index (χ1) is 13.5. The van der Waals surface area contributed by atoms with Crippen molar-refractivity contribution in [3.63, 3.8) is 0 Å². The van der Waals surface area contributed by atoms with E-state index in [1.165, 1.54) is 0 Å². The van der Waals surface area contributed by atoms with Gasteiger partial charge in [-0.05, 0) is 31.5 Å². The van der Waals surface area contributed by atoms with Crippen molar-refractivity contribution in [2.75, 3.05) is 5.32 Å². The first-order valence-corrected chi connectivity index (χ1v) is 8.94. The van der Waals surface area contributed by atoms with Gasteiger partial charge in [0.15, 0.2) is 0 Å². The highest BCUT2D eigenvalue weighted by molar-refractivity contribution is 6.04. The van der Waals surface area contributed by atoms with Crippen molar-refractivity contribution in [2.45, 2.75) is 20.4 Å². The number of aromatic nitrogens is 4. The van der Waals surface area contributed by atoms with E-state index in [0.29, 0.717) is 29.4 Å². The quantitative estimate of drug-likeness (QED) is 0.561. The van der Waals surface area contributed by atoms with E-state index < -0.39 is 5.91 Å². The minimum atomic E-state index is -0.509. The molecule has 4 aromatic rings. The summed E-state index contributed by atoms with van der Waals surface area (Å²) in [6.45, 7) is 4.47. The van der Waals surface area contributed by atoms with Gasteiger partial charge in [-0.3, -0.25) is 9.36 Å². The number of hydrogen-bond acceptors (Lipinski definition) is 5. The van der Waals surface area contributed by atoms with Crippen LogP contribution in [0.15, 0.2) is 54.7 Å². The molecule has 7 nitrogen and oxygen atoms in total. The smallest absolute Gasteiger partial charge is 0.250 e. The van der Waals surface area contributed by atoms with E-state index in [-0.39, 0.29) is 0 Å². The van der Waals surface area contributed by atoms with E-state index in [2.05, 4.69) is 27.4 Å². The van der Waals surface area contributed by atoms with Crippen LogP contribution in [-0.2, 0) is 6.54 Å². The van der Waals surface area contributed by atoms with Crippen molar-refractivity contribution < 1.29 is 4.79 Å². The molecule has 4 rings (SSSR count). The summed E-state index contributed by atoms with van der Waals surface area (Å²) >= 11 is 0. The molecule has 0 atom stereocenters. The van der Waals surface area contributed by atoms with E-state index in [1.54, 1.807) is 18.3 Å². The van der Waals surface area contributed by atoms with Crippen LogP contribution in [0, 0.1) is 13.8 Å². The Bertz CT molecular complexity index is 1170. The molecule has 0 spiro atoms. The van der Waals surface area contributed by atoms with Crippen molar-refractivity contribution in [2.24, 2.45) is 5.73 Å². The number of primary amides is 1. The number of carbonyl (C=O) groups is 1. The fraction of sp³-hybridized carbons (Fsp3) is 0.143. The maximum atomic E-state index is 11.7. The highest BCUT2D eigenvalue weighted by Crippen LogP contribution is 2.23. The third-order valence-corrected chi connectivity index (χ3v) is 4.58. The van der Waals surface area contributed by atoms with Crippen LogP contribution >= 0.6 is 0 Å². The third kappa shape index (κ3) is 3.18. The number of aryl methyl sites for hydroxylation is 2. The number of para-hydroxylation sites is 1. The number of fused-ring (bicyclic) bond motifs is 1. The van der Waals surface area contributed by atoms with Gasteiger partial charge in [0, 0.05) is 18.3 Å². The molecular formula is C21H20N6O. The van der Waals surface area contributed by atoms with E-state index in [1.807, 2.05) is 42.7 Å². The minimum absolute atomic E-state index is 0.383. The molecule has 0 saturated heterocycles. The number of nitrogens with zero attached hydrogens (tertiary/aromatic N) is 4. The third-order valence-electron chi connectivity index (χ3n) is 4.58. The molecule has 3 N–H and O–H groups in total. The van der Waals surface area contributed by atoms with Gasteiger partial charge in [0.1, 0.15) is 17.2 Å². The summed E-state index contributed by atoms with van der Waals surface area (Å²) in [7, 11) is 0. The van der Waals surface area contributed by atoms with Crippen molar-refractivity contribution in [1.29, 1.82) is 0 Å². The molecule has 0 saturated carbocycles. The summed E-state index contributed by atoms with van der Waals surface area (Å²) in [6.07, 6.45) is 1.78. The largest absolute Gasteiger partial charge is 0.366 e. The summed E-state index contributed by atoms with van der Waals surface area (Å²) in [5.41, 5.74) is 9.27. The lowest BCUT2D eigenvalue weighted by atomic mass is 10.2. The predicted octanol–water partition coefficient (Wildman–Crippen LogP) is 3.14.